The lowest BCUT2D eigenvalue weighted by atomic mass is 9.68. The average molecular weight is 483 g/mol. The third-order valence-electron chi connectivity index (χ3n) is 7.35. The first-order chi connectivity index (χ1) is 12.8. The smallest absolute Gasteiger partial charge is 0.318 e. The van der Waals surface area contributed by atoms with Crippen LogP contribution in [0.3, 0.4) is 0 Å². The molecule has 148 valence electrons. The van der Waals surface area contributed by atoms with Gasteiger partial charge in [0.05, 0.1) is 17.7 Å². The van der Waals surface area contributed by atoms with Crippen molar-refractivity contribution >= 4 is 28.6 Å². The fourth-order valence-electron chi connectivity index (χ4n) is 5.27. The second-order valence-electron chi connectivity index (χ2n) is 8.98. The molecule has 1 spiro atoms. The third-order valence-corrected chi connectivity index (χ3v) is 8.02. The molecule has 2 saturated carbocycles. The second-order valence-corrected chi connectivity index (χ2v) is 10.2. The lowest BCUT2D eigenvalue weighted by Crippen LogP contribution is -2.59. The predicted molar refractivity (Wildman–Crippen MR) is 115 cm³/mol. The lowest BCUT2D eigenvalue weighted by Gasteiger charge is -2.52. The molecule has 0 unspecified atom stereocenters. The van der Waals surface area contributed by atoms with Gasteiger partial charge in [-0.15, -0.1) is 0 Å². The third kappa shape index (κ3) is 3.27. The molecule has 3 fully saturated rings. The summed E-state index contributed by atoms with van der Waals surface area (Å²) in [4.78, 5) is 16.9. The van der Waals surface area contributed by atoms with E-state index in [1.54, 1.807) is 0 Å². The Balaban J connectivity index is 1.58. The molecule has 4 rings (SSSR count). The minimum atomic E-state index is -0.666. The van der Waals surface area contributed by atoms with Gasteiger partial charge in [0.15, 0.2) is 0 Å². The molecule has 1 saturated heterocycles. The highest BCUT2D eigenvalue weighted by molar-refractivity contribution is 14.1. The lowest BCUT2D eigenvalue weighted by molar-refractivity contribution is -0.0725. The van der Waals surface area contributed by atoms with Crippen LogP contribution in [0.2, 0.25) is 0 Å². The molecular formula is C21H30IN3O2. The standard InChI is InChI=1S/C21H30IN3O2/c1-24(2)21(16-5-3-6-17(22)13-16)11-9-19(10-12-21)14-23-18(26)25(19)15-20(27)7-4-8-20/h3,5-6,13,27H,4,7-12,14-15H2,1-2H3,(H,23,26)/t19-,21+. The van der Waals surface area contributed by atoms with Crippen LogP contribution in [0.4, 0.5) is 4.79 Å². The minimum Gasteiger partial charge on any atom is -0.388 e. The fraction of sp³-hybridized carbons (Fsp3) is 0.667. The summed E-state index contributed by atoms with van der Waals surface area (Å²) in [6.07, 6.45) is 6.66. The van der Waals surface area contributed by atoms with Gasteiger partial charge in [-0.2, -0.15) is 0 Å². The largest absolute Gasteiger partial charge is 0.388 e. The maximum Gasteiger partial charge on any atom is 0.318 e. The number of benzene rings is 1. The molecule has 6 heteroatoms. The Hall–Kier alpha value is -0.860. The van der Waals surface area contributed by atoms with Crippen LogP contribution < -0.4 is 5.32 Å². The number of carbonyl (C=O) groups is 1. The van der Waals surface area contributed by atoms with Gasteiger partial charge in [-0.25, -0.2) is 4.79 Å². The van der Waals surface area contributed by atoms with Crippen LogP contribution in [0.5, 0.6) is 0 Å². The number of urea groups is 1. The molecule has 1 heterocycles. The van der Waals surface area contributed by atoms with E-state index in [-0.39, 0.29) is 17.1 Å². The van der Waals surface area contributed by atoms with Crippen molar-refractivity contribution in [1.82, 2.24) is 15.1 Å². The van der Waals surface area contributed by atoms with Crippen molar-refractivity contribution in [3.8, 4) is 0 Å². The highest BCUT2D eigenvalue weighted by Gasteiger charge is 2.54. The van der Waals surface area contributed by atoms with Crippen molar-refractivity contribution in [1.29, 1.82) is 0 Å². The van der Waals surface area contributed by atoms with Crippen molar-refractivity contribution in [2.75, 3.05) is 27.2 Å². The SMILES string of the molecule is CN(C)[C@]1(c2cccc(I)c2)CC[C@]2(CC1)CNC(=O)N2CC1(O)CCC1. The van der Waals surface area contributed by atoms with Crippen LogP contribution >= 0.6 is 22.6 Å². The van der Waals surface area contributed by atoms with E-state index in [1.807, 2.05) is 4.90 Å². The quantitative estimate of drug-likeness (QED) is 0.647. The van der Waals surface area contributed by atoms with Crippen molar-refractivity contribution < 1.29 is 9.90 Å². The number of halogens is 1. The van der Waals surface area contributed by atoms with Gasteiger partial charge in [0.2, 0.25) is 0 Å². The molecule has 2 aliphatic carbocycles. The maximum atomic E-state index is 12.6. The van der Waals surface area contributed by atoms with E-state index >= 15 is 0 Å². The number of aliphatic hydroxyl groups is 1. The molecule has 5 nitrogen and oxygen atoms in total. The Labute approximate surface area is 175 Å². The molecule has 0 aromatic heterocycles. The number of hydrogen-bond donors (Lipinski definition) is 2. The van der Waals surface area contributed by atoms with Crippen molar-refractivity contribution in [3.05, 3.63) is 33.4 Å². The van der Waals surface area contributed by atoms with Crippen molar-refractivity contribution in [2.24, 2.45) is 0 Å². The van der Waals surface area contributed by atoms with Crippen LogP contribution in [0, 0.1) is 3.57 Å². The van der Waals surface area contributed by atoms with E-state index in [1.165, 1.54) is 9.13 Å². The summed E-state index contributed by atoms with van der Waals surface area (Å²) >= 11 is 2.39. The number of carbonyl (C=O) groups excluding carboxylic acids is 1. The van der Waals surface area contributed by atoms with Gasteiger partial charge in [-0.1, -0.05) is 12.1 Å². The van der Waals surface area contributed by atoms with Gasteiger partial charge in [0, 0.05) is 15.7 Å². The molecule has 27 heavy (non-hydrogen) atoms. The van der Waals surface area contributed by atoms with Gasteiger partial charge in [-0.3, -0.25) is 4.90 Å². The fourth-order valence-corrected chi connectivity index (χ4v) is 5.81. The average Bonchev–Trinajstić information content (AvgIpc) is 2.91. The first-order valence-electron chi connectivity index (χ1n) is 10.0. The van der Waals surface area contributed by atoms with E-state index in [2.05, 4.69) is 71.2 Å². The van der Waals surface area contributed by atoms with E-state index < -0.39 is 5.60 Å². The molecule has 1 aliphatic heterocycles. The predicted octanol–water partition coefficient (Wildman–Crippen LogP) is 3.30. The number of hydrogen-bond acceptors (Lipinski definition) is 3. The van der Waals surface area contributed by atoms with Crippen LogP contribution in [-0.2, 0) is 5.54 Å². The van der Waals surface area contributed by atoms with Gasteiger partial charge in [-0.05, 0) is 99.3 Å². The Bertz CT molecular complexity index is 724. The zero-order valence-electron chi connectivity index (χ0n) is 16.3. The molecule has 0 atom stereocenters. The van der Waals surface area contributed by atoms with Crippen LogP contribution in [0.25, 0.3) is 0 Å². The first-order valence-corrected chi connectivity index (χ1v) is 11.1. The van der Waals surface area contributed by atoms with Gasteiger partial charge in [0.1, 0.15) is 0 Å². The Morgan fingerprint density at radius 3 is 2.44 bits per heavy atom. The minimum absolute atomic E-state index is 0.00179. The highest BCUT2D eigenvalue weighted by Crippen LogP contribution is 2.48. The first kappa shape index (κ1) is 19.5. The molecule has 2 N–H and O–H groups in total. The summed E-state index contributed by atoms with van der Waals surface area (Å²) in [5, 5.41) is 13.7. The molecule has 0 bridgehead atoms. The topological polar surface area (TPSA) is 55.8 Å². The van der Waals surface area contributed by atoms with Crippen LogP contribution in [0.15, 0.2) is 24.3 Å². The molecule has 3 aliphatic rings. The van der Waals surface area contributed by atoms with E-state index in [4.69, 9.17) is 0 Å². The van der Waals surface area contributed by atoms with Gasteiger partial charge >= 0.3 is 6.03 Å². The van der Waals surface area contributed by atoms with Crippen LogP contribution in [-0.4, -0.2) is 59.3 Å². The summed E-state index contributed by atoms with van der Waals surface area (Å²) in [7, 11) is 4.34. The van der Waals surface area contributed by atoms with Crippen LogP contribution in [0.1, 0.15) is 50.5 Å². The van der Waals surface area contributed by atoms with Gasteiger partial charge < -0.3 is 15.3 Å². The summed E-state index contributed by atoms with van der Waals surface area (Å²) in [5.41, 5.74) is 0.567. The van der Waals surface area contributed by atoms with E-state index in [0.717, 1.165) is 44.9 Å². The van der Waals surface area contributed by atoms with E-state index in [0.29, 0.717) is 13.1 Å². The normalized spacial score (nSPS) is 32.6. The Kier molecular flexibility index (Phi) is 4.96. The summed E-state index contributed by atoms with van der Waals surface area (Å²) < 4.78 is 1.26. The maximum absolute atomic E-state index is 12.6. The molecule has 2 amide bonds. The van der Waals surface area contributed by atoms with Crippen molar-refractivity contribution in [3.63, 3.8) is 0 Å². The molecular weight excluding hydrogens is 453 g/mol. The zero-order valence-corrected chi connectivity index (χ0v) is 18.5. The number of amides is 2. The number of β-amino-alcohol motifs (C(OH)–C–C–N with tert-alkyl or cyclic N) is 1. The molecule has 0 radical (unpaired) electrons. The van der Waals surface area contributed by atoms with Gasteiger partial charge in [0.25, 0.3) is 0 Å². The van der Waals surface area contributed by atoms with E-state index in [9.17, 15) is 9.90 Å². The molecule has 1 aromatic rings. The number of nitrogens with one attached hydrogen (secondary N) is 1. The zero-order chi connectivity index (χ0) is 19.3. The Morgan fingerprint density at radius 2 is 1.89 bits per heavy atom. The number of rotatable bonds is 4. The summed E-state index contributed by atoms with van der Waals surface area (Å²) in [5.74, 6) is 0. The highest BCUT2D eigenvalue weighted by atomic mass is 127. The Morgan fingerprint density at radius 1 is 1.19 bits per heavy atom. The summed E-state index contributed by atoms with van der Waals surface area (Å²) in [6.45, 7) is 1.19. The monoisotopic (exact) mass is 483 g/mol. The molecule has 1 aromatic carbocycles. The summed E-state index contributed by atoms with van der Waals surface area (Å²) in [6, 6.07) is 8.82. The number of nitrogens with zero attached hydrogens (tertiary/aromatic N) is 2. The van der Waals surface area contributed by atoms with Crippen molar-refractivity contribution in [2.45, 2.75) is 61.6 Å². The second kappa shape index (κ2) is 6.88.